The molecule has 2 N–H and O–H groups in total. The molecule has 1 saturated carbocycles. The molecule has 0 aromatic heterocycles. The highest BCUT2D eigenvalue weighted by molar-refractivity contribution is 5.16. The first kappa shape index (κ1) is 5.17. The topological polar surface area (TPSA) is 49.8 Å². The molecule has 1 aliphatic rings. The Bertz CT molecular complexity index is 148. The predicted molar refractivity (Wildman–Crippen MR) is 30.6 cm³/mol. The Morgan fingerprint density at radius 1 is 1.75 bits per heavy atom. The number of nitriles is 1. The molecule has 1 fully saturated rings. The summed E-state index contributed by atoms with van der Waals surface area (Å²) in [6.07, 6.45) is 3.77. The van der Waals surface area contributed by atoms with Crippen molar-refractivity contribution < 1.29 is 0 Å². The van der Waals surface area contributed by atoms with Crippen molar-refractivity contribution in [2.24, 2.45) is 11.7 Å². The van der Waals surface area contributed by atoms with Gasteiger partial charge in [0.2, 0.25) is 0 Å². The second-order valence-electron chi connectivity index (χ2n) is 2.05. The van der Waals surface area contributed by atoms with Gasteiger partial charge in [-0.05, 0) is 18.8 Å². The monoisotopic (exact) mass is 108 g/mol. The van der Waals surface area contributed by atoms with Crippen LogP contribution in [0.2, 0.25) is 0 Å². The molecule has 2 heteroatoms. The van der Waals surface area contributed by atoms with Crippen molar-refractivity contribution in [3.63, 3.8) is 0 Å². The largest absolute Gasteiger partial charge is 0.401 e. The van der Waals surface area contributed by atoms with Crippen LogP contribution in [0.15, 0.2) is 11.8 Å². The number of hydrogen-bond acceptors (Lipinski definition) is 2. The minimum absolute atomic E-state index is 0.537. The fourth-order valence-corrected chi connectivity index (χ4v) is 0.609. The summed E-state index contributed by atoms with van der Waals surface area (Å²) < 4.78 is 0. The second kappa shape index (κ2) is 1.87. The molecule has 8 heavy (non-hydrogen) atoms. The van der Waals surface area contributed by atoms with Crippen LogP contribution in [0.5, 0.6) is 0 Å². The summed E-state index contributed by atoms with van der Waals surface area (Å²) >= 11 is 0. The molecule has 0 bridgehead atoms. The van der Waals surface area contributed by atoms with Crippen molar-refractivity contribution in [2.45, 2.75) is 12.8 Å². The van der Waals surface area contributed by atoms with E-state index in [1.165, 1.54) is 18.9 Å². The van der Waals surface area contributed by atoms with E-state index in [0.717, 1.165) is 5.70 Å². The average Bonchev–Trinajstić information content (AvgIpc) is 2.45. The number of rotatable bonds is 1. The van der Waals surface area contributed by atoms with Gasteiger partial charge in [-0.3, -0.25) is 0 Å². The first-order valence-electron chi connectivity index (χ1n) is 2.69. The Morgan fingerprint density at radius 2 is 2.38 bits per heavy atom. The fraction of sp³-hybridized carbons (Fsp3) is 0.500. The van der Waals surface area contributed by atoms with Crippen LogP contribution in [-0.2, 0) is 0 Å². The van der Waals surface area contributed by atoms with Gasteiger partial charge in [0.05, 0.1) is 6.07 Å². The Balaban J connectivity index is 2.45. The van der Waals surface area contributed by atoms with Crippen LogP contribution in [0, 0.1) is 17.2 Å². The van der Waals surface area contributed by atoms with E-state index in [1.807, 2.05) is 6.07 Å². The SMILES string of the molecule is N#CC=C(N)C1CC1. The maximum Gasteiger partial charge on any atom is 0.0930 e. The third kappa shape index (κ3) is 1.00. The van der Waals surface area contributed by atoms with Crippen LogP contribution in [0.1, 0.15) is 12.8 Å². The molecule has 0 saturated heterocycles. The lowest BCUT2D eigenvalue weighted by atomic mass is 10.3. The zero-order valence-corrected chi connectivity index (χ0v) is 4.59. The van der Waals surface area contributed by atoms with Crippen molar-refractivity contribution in [1.82, 2.24) is 0 Å². The average molecular weight is 108 g/mol. The van der Waals surface area contributed by atoms with Gasteiger partial charge >= 0.3 is 0 Å². The standard InChI is InChI=1S/C6H8N2/c7-4-3-6(8)5-1-2-5/h3,5H,1-2,8H2. The third-order valence-corrected chi connectivity index (χ3v) is 1.28. The van der Waals surface area contributed by atoms with Gasteiger partial charge in [0.25, 0.3) is 0 Å². The van der Waals surface area contributed by atoms with Crippen LogP contribution in [-0.4, -0.2) is 0 Å². The minimum Gasteiger partial charge on any atom is -0.401 e. The highest BCUT2D eigenvalue weighted by Gasteiger charge is 2.23. The first-order valence-corrected chi connectivity index (χ1v) is 2.69. The molecule has 0 heterocycles. The van der Waals surface area contributed by atoms with Gasteiger partial charge < -0.3 is 5.73 Å². The summed E-state index contributed by atoms with van der Waals surface area (Å²) in [5, 5.41) is 8.11. The van der Waals surface area contributed by atoms with E-state index in [9.17, 15) is 0 Å². The van der Waals surface area contributed by atoms with E-state index in [0.29, 0.717) is 5.92 Å². The number of nitrogens with two attached hydrogens (primary N) is 1. The van der Waals surface area contributed by atoms with Gasteiger partial charge in [0.15, 0.2) is 0 Å². The molecule has 0 radical (unpaired) electrons. The first-order chi connectivity index (χ1) is 3.84. The molecule has 1 aliphatic carbocycles. The zero-order valence-electron chi connectivity index (χ0n) is 4.59. The van der Waals surface area contributed by atoms with E-state index in [-0.39, 0.29) is 0 Å². The molecule has 2 nitrogen and oxygen atoms in total. The Morgan fingerprint density at radius 3 is 2.75 bits per heavy atom. The normalized spacial score (nSPS) is 20.1. The minimum atomic E-state index is 0.537. The third-order valence-electron chi connectivity index (χ3n) is 1.28. The van der Waals surface area contributed by atoms with Gasteiger partial charge in [-0.1, -0.05) is 0 Å². The van der Waals surface area contributed by atoms with Gasteiger partial charge in [-0.2, -0.15) is 5.26 Å². The fourth-order valence-electron chi connectivity index (χ4n) is 0.609. The lowest BCUT2D eigenvalue weighted by molar-refractivity contribution is 0.981. The van der Waals surface area contributed by atoms with Crippen molar-refractivity contribution >= 4 is 0 Å². The Labute approximate surface area is 48.6 Å². The molecule has 0 aliphatic heterocycles. The summed E-state index contributed by atoms with van der Waals surface area (Å²) in [7, 11) is 0. The van der Waals surface area contributed by atoms with Gasteiger partial charge in [0.1, 0.15) is 0 Å². The van der Waals surface area contributed by atoms with E-state index in [1.54, 1.807) is 0 Å². The second-order valence-corrected chi connectivity index (χ2v) is 2.05. The van der Waals surface area contributed by atoms with Crippen molar-refractivity contribution in [1.29, 1.82) is 5.26 Å². The molecular formula is C6H8N2. The molecule has 0 aromatic carbocycles. The number of allylic oxidation sites excluding steroid dienone is 2. The summed E-state index contributed by atoms with van der Waals surface area (Å²) in [5.74, 6) is 0.537. The van der Waals surface area contributed by atoms with E-state index in [4.69, 9.17) is 11.0 Å². The van der Waals surface area contributed by atoms with E-state index in [2.05, 4.69) is 0 Å². The highest BCUT2D eigenvalue weighted by Crippen LogP contribution is 2.33. The lowest BCUT2D eigenvalue weighted by Crippen LogP contribution is -1.97. The van der Waals surface area contributed by atoms with Crippen LogP contribution in [0.25, 0.3) is 0 Å². The smallest absolute Gasteiger partial charge is 0.0930 e. The quantitative estimate of drug-likeness (QED) is 0.504. The maximum absolute atomic E-state index is 8.11. The molecular weight excluding hydrogens is 100 g/mol. The van der Waals surface area contributed by atoms with Crippen molar-refractivity contribution in [3.8, 4) is 6.07 Å². The highest BCUT2D eigenvalue weighted by atomic mass is 14.6. The molecule has 0 atom stereocenters. The molecule has 0 unspecified atom stereocenters. The van der Waals surface area contributed by atoms with E-state index >= 15 is 0 Å². The number of nitrogens with zero attached hydrogens (tertiary/aromatic N) is 1. The summed E-state index contributed by atoms with van der Waals surface area (Å²) in [5.41, 5.74) is 6.19. The Hall–Kier alpha value is -0.970. The number of hydrogen-bond donors (Lipinski definition) is 1. The lowest BCUT2D eigenvalue weighted by Gasteiger charge is -1.88. The zero-order chi connectivity index (χ0) is 5.98. The van der Waals surface area contributed by atoms with Crippen LogP contribution in [0.3, 0.4) is 0 Å². The summed E-state index contributed by atoms with van der Waals surface area (Å²) in [6.45, 7) is 0. The molecule has 0 spiro atoms. The molecule has 1 rings (SSSR count). The molecule has 42 valence electrons. The van der Waals surface area contributed by atoms with Crippen LogP contribution >= 0.6 is 0 Å². The van der Waals surface area contributed by atoms with E-state index < -0.39 is 0 Å². The van der Waals surface area contributed by atoms with Gasteiger partial charge in [-0.25, -0.2) is 0 Å². The van der Waals surface area contributed by atoms with Crippen LogP contribution < -0.4 is 5.73 Å². The van der Waals surface area contributed by atoms with Crippen LogP contribution in [0.4, 0.5) is 0 Å². The summed E-state index contributed by atoms with van der Waals surface area (Å²) in [6, 6.07) is 1.90. The van der Waals surface area contributed by atoms with Crippen molar-refractivity contribution in [3.05, 3.63) is 11.8 Å². The van der Waals surface area contributed by atoms with Gasteiger partial charge in [-0.15, -0.1) is 0 Å². The maximum atomic E-state index is 8.11. The molecule has 0 aromatic rings. The predicted octanol–water partition coefficient (Wildman–Crippen LogP) is 0.763. The van der Waals surface area contributed by atoms with Crippen molar-refractivity contribution in [2.75, 3.05) is 0 Å². The molecule has 0 amide bonds. The summed E-state index contributed by atoms with van der Waals surface area (Å²) in [4.78, 5) is 0. The Kier molecular flexibility index (Phi) is 1.21. The van der Waals surface area contributed by atoms with Gasteiger partial charge in [0, 0.05) is 11.8 Å².